The van der Waals surface area contributed by atoms with Gasteiger partial charge < -0.3 is 25.3 Å². The van der Waals surface area contributed by atoms with Crippen LogP contribution in [0, 0.1) is 0 Å². The Morgan fingerprint density at radius 3 is 2.38 bits per heavy atom. The summed E-state index contributed by atoms with van der Waals surface area (Å²) in [5.41, 5.74) is 11.0. The van der Waals surface area contributed by atoms with E-state index >= 15 is 0 Å². The van der Waals surface area contributed by atoms with Crippen molar-refractivity contribution in [2.45, 2.75) is 19.4 Å². The van der Waals surface area contributed by atoms with Gasteiger partial charge in [-0.2, -0.15) is 0 Å². The third-order valence-electron chi connectivity index (χ3n) is 4.02. The van der Waals surface area contributed by atoms with Crippen LogP contribution in [-0.2, 0) is 29.0 Å². The number of carboxylic acid groups (broad SMARTS) is 2. The highest BCUT2D eigenvalue weighted by molar-refractivity contribution is 5.89. The number of nitrogens with zero attached hydrogens (tertiary/aromatic N) is 1. The van der Waals surface area contributed by atoms with Gasteiger partial charge >= 0.3 is 11.9 Å². The quantitative estimate of drug-likeness (QED) is 0.704. The average Bonchev–Trinajstić information content (AvgIpc) is 3.03. The van der Waals surface area contributed by atoms with Gasteiger partial charge in [-0.05, 0) is 36.1 Å². The molecule has 0 fully saturated rings. The fraction of sp³-hybridized carbons (Fsp3) is 0.263. The highest BCUT2D eigenvalue weighted by Crippen LogP contribution is 2.40. The zero-order valence-corrected chi connectivity index (χ0v) is 14.5. The zero-order chi connectivity index (χ0) is 19.1. The van der Waals surface area contributed by atoms with Crippen LogP contribution in [0.3, 0.4) is 0 Å². The molecule has 1 aliphatic carbocycles. The Morgan fingerprint density at radius 2 is 1.81 bits per heavy atom. The van der Waals surface area contributed by atoms with Gasteiger partial charge in [0, 0.05) is 37.0 Å². The van der Waals surface area contributed by atoms with Gasteiger partial charge in [-0.15, -0.1) is 0 Å². The number of fused-ring (bicyclic) bond motifs is 3. The van der Waals surface area contributed by atoms with Gasteiger partial charge in [0.1, 0.15) is 5.75 Å². The number of rotatable bonds is 5. The molecular weight excluding hydrogens is 336 g/mol. The van der Waals surface area contributed by atoms with Crippen molar-refractivity contribution in [3.63, 3.8) is 0 Å². The van der Waals surface area contributed by atoms with Crippen LogP contribution >= 0.6 is 0 Å². The molecule has 1 aromatic carbocycles. The minimum Gasteiger partial charge on any atom is -0.496 e. The number of aryl methyl sites for hydroxylation is 2. The van der Waals surface area contributed by atoms with Gasteiger partial charge in [-0.25, -0.2) is 9.59 Å². The Bertz CT molecular complexity index is 793. The Labute approximate surface area is 151 Å². The smallest absolute Gasteiger partial charge is 0.328 e. The van der Waals surface area contributed by atoms with E-state index in [1.807, 2.05) is 6.07 Å². The predicted octanol–water partition coefficient (Wildman–Crippen LogP) is 1.93. The van der Waals surface area contributed by atoms with Crippen molar-refractivity contribution in [1.29, 1.82) is 0 Å². The van der Waals surface area contributed by atoms with E-state index in [9.17, 15) is 9.59 Å². The molecule has 0 bridgehead atoms. The summed E-state index contributed by atoms with van der Waals surface area (Å²) in [7, 11) is 1.74. The molecule has 0 radical (unpaired) electrons. The SMILES string of the molecule is COc1cccc2c1-c1c(ccn1CCN)CC2.O=C(O)/C=C/C(=O)O. The molecule has 7 heteroatoms. The highest BCUT2D eigenvalue weighted by atomic mass is 16.5. The molecule has 4 N–H and O–H groups in total. The first-order valence-electron chi connectivity index (χ1n) is 8.16. The lowest BCUT2D eigenvalue weighted by atomic mass is 9.89. The number of benzene rings is 1. The van der Waals surface area contributed by atoms with Crippen LogP contribution < -0.4 is 10.5 Å². The van der Waals surface area contributed by atoms with Crippen molar-refractivity contribution in [1.82, 2.24) is 4.57 Å². The molecule has 2 aromatic rings. The summed E-state index contributed by atoms with van der Waals surface area (Å²) >= 11 is 0. The molecule has 0 atom stereocenters. The zero-order valence-electron chi connectivity index (χ0n) is 14.5. The molecule has 0 unspecified atom stereocenters. The van der Waals surface area contributed by atoms with Crippen molar-refractivity contribution in [2.24, 2.45) is 5.73 Å². The van der Waals surface area contributed by atoms with Crippen molar-refractivity contribution in [3.05, 3.63) is 53.7 Å². The number of aliphatic carboxylic acids is 2. The normalized spacial score (nSPS) is 11.9. The van der Waals surface area contributed by atoms with Crippen LogP contribution in [0.1, 0.15) is 11.1 Å². The van der Waals surface area contributed by atoms with Gasteiger partial charge in [-0.1, -0.05) is 12.1 Å². The van der Waals surface area contributed by atoms with E-state index in [1.165, 1.54) is 22.4 Å². The maximum Gasteiger partial charge on any atom is 0.328 e. The molecule has 1 aliphatic rings. The van der Waals surface area contributed by atoms with Crippen molar-refractivity contribution in [3.8, 4) is 17.0 Å². The summed E-state index contributed by atoms with van der Waals surface area (Å²) in [6.07, 6.45) is 5.45. The molecule has 138 valence electrons. The van der Waals surface area contributed by atoms with E-state index in [0.29, 0.717) is 18.7 Å². The van der Waals surface area contributed by atoms with E-state index in [-0.39, 0.29) is 0 Å². The van der Waals surface area contributed by atoms with Crippen LogP contribution in [0.25, 0.3) is 11.3 Å². The van der Waals surface area contributed by atoms with Crippen molar-refractivity contribution >= 4 is 11.9 Å². The molecular formula is C19H22N2O5. The summed E-state index contributed by atoms with van der Waals surface area (Å²) in [6, 6.07) is 8.51. The number of carbonyl (C=O) groups is 2. The second kappa shape index (κ2) is 8.87. The first kappa shape index (κ1) is 19.3. The van der Waals surface area contributed by atoms with Gasteiger partial charge in [0.05, 0.1) is 12.8 Å². The lowest BCUT2D eigenvalue weighted by Gasteiger charge is -2.21. The maximum absolute atomic E-state index is 9.55. The third kappa shape index (κ3) is 4.52. The highest BCUT2D eigenvalue weighted by Gasteiger charge is 2.22. The van der Waals surface area contributed by atoms with Crippen molar-refractivity contribution in [2.75, 3.05) is 13.7 Å². The molecule has 26 heavy (non-hydrogen) atoms. The van der Waals surface area contributed by atoms with Crippen LogP contribution in [0.15, 0.2) is 42.6 Å². The number of methoxy groups -OCH3 is 1. The number of carboxylic acids is 2. The molecule has 0 saturated carbocycles. The first-order chi connectivity index (χ1) is 12.5. The Kier molecular flexibility index (Phi) is 6.57. The summed E-state index contributed by atoms with van der Waals surface area (Å²) in [5, 5.41) is 15.6. The van der Waals surface area contributed by atoms with Gasteiger partial charge in [0.15, 0.2) is 0 Å². The van der Waals surface area contributed by atoms with Gasteiger partial charge in [0.2, 0.25) is 0 Å². The molecule has 0 aliphatic heterocycles. The molecule has 0 spiro atoms. The number of aromatic nitrogens is 1. The van der Waals surface area contributed by atoms with E-state index in [1.54, 1.807) is 7.11 Å². The number of hydrogen-bond donors (Lipinski definition) is 3. The maximum atomic E-state index is 9.55. The summed E-state index contributed by atoms with van der Waals surface area (Å²) in [6.45, 7) is 1.51. The Balaban J connectivity index is 0.000000260. The van der Waals surface area contributed by atoms with Crippen LogP contribution in [-0.4, -0.2) is 40.4 Å². The first-order valence-corrected chi connectivity index (χ1v) is 8.16. The molecule has 1 aromatic heterocycles. The van der Waals surface area contributed by atoms with E-state index in [2.05, 4.69) is 29.0 Å². The second-order valence-electron chi connectivity index (χ2n) is 5.68. The molecule has 1 heterocycles. The summed E-state index contributed by atoms with van der Waals surface area (Å²) in [4.78, 5) is 19.1. The summed E-state index contributed by atoms with van der Waals surface area (Å²) < 4.78 is 7.77. The van der Waals surface area contributed by atoms with Crippen molar-refractivity contribution < 1.29 is 24.5 Å². The Hall–Kier alpha value is -3.06. The number of hydrogen-bond acceptors (Lipinski definition) is 4. The van der Waals surface area contributed by atoms with Crippen LogP contribution in [0.4, 0.5) is 0 Å². The minimum atomic E-state index is -1.26. The second-order valence-corrected chi connectivity index (χ2v) is 5.68. The number of nitrogens with two attached hydrogens (primary N) is 1. The fourth-order valence-corrected chi connectivity index (χ4v) is 2.98. The third-order valence-corrected chi connectivity index (χ3v) is 4.02. The standard InChI is InChI=1S/C15H18N2O.C4H4O4/c1-18-13-4-2-3-11-5-6-12-7-9-17(10-8-16)15(12)14(11)13;5-3(6)1-2-4(7)8/h2-4,7,9H,5-6,8,10,16H2,1H3;1-2H,(H,5,6)(H,7,8)/b;2-1+. The van der Waals surface area contributed by atoms with Crippen LogP contribution in [0.5, 0.6) is 5.75 Å². The molecule has 0 saturated heterocycles. The van der Waals surface area contributed by atoms with E-state index < -0.39 is 11.9 Å². The fourth-order valence-electron chi connectivity index (χ4n) is 2.98. The minimum absolute atomic E-state index is 0.558. The lowest BCUT2D eigenvalue weighted by molar-refractivity contribution is -0.134. The molecule has 3 rings (SSSR count). The van der Waals surface area contributed by atoms with Gasteiger partial charge in [0.25, 0.3) is 0 Å². The largest absolute Gasteiger partial charge is 0.496 e. The van der Waals surface area contributed by atoms with Crippen LogP contribution in [0.2, 0.25) is 0 Å². The lowest BCUT2D eigenvalue weighted by Crippen LogP contribution is -2.13. The van der Waals surface area contributed by atoms with Gasteiger partial charge in [-0.3, -0.25) is 0 Å². The predicted molar refractivity (Wildman–Crippen MR) is 97.3 cm³/mol. The monoisotopic (exact) mass is 358 g/mol. The average molecular weight is 358 g/mol. The van der Waals surface area contributed by atoms with E-state index in [0.717, 1.165) is 25.1 Å². The molecule has 7 nitrogen and oxygen atoms in total. The summed E-state index contributed by atoms with van der Waals surface area (Å²) in [5.74, 6) is -1.55. The Morgan fingerprint density at radius 1 is 1.15 bits per heavy atom. The number of ether oxygens (including phenoxy) is 1. The molecule has 0 amide bonds. The van der Waals surface area contributed by atoms with E-state index in [4.69, 9.17) is 20.7 Å². The topological polar surface area (TPSA) is 115 Å².